The largest absolute Gasteiger partial charge is 0.386 e. The maximum absolute atomic E-state index is 10.2. The molecule has 0 saturated carbocycles. The van der Waals surface area contributed by atoms with Crippen molar-refractivity contribution in [2.75, 3.05) is 6.61 Å². The van der Waals surface area contributed by atoms with E-state index < -0.39 is 6.10 Å². The molecule has 2 aliphatic rings. The van der Waals surface area contributed by atoms with Crippen LogP contribution in [0.3, 0.4) is 0 Å². The van der Waals surface area contributed by atoms with E-state index in [1.165, 1.54) is 11.3 Å². The molecule has 1 fully saturated rings. The van der Waals surface area contributed by atoms with Crippen molar-refractivity contribution in [3.05, 3.63) is 38.8 Å². The number of halogens is 1. The molecular weight excluding hydrogens is 334 g/mol. The van der Waals surface area contributed by atoms with Crippen LogP contribution in [0.15, 0.2) is 18.5 Å². The number of hydrogen-bond donors (Lipinski definition) is 2. The molecule has 5 nitrogen and oxygen atoms in total. The number of aryl methyl sites for hydroxylation is 1. The van der Waals surface area contributed by atoms with Crippen molar-refractivity contribution in [1.82, 2.24) is 15.1 Å². The SMILES string of the molecule is C[C@H]1CC2(CC(c3cnn(C)c3)N1)OCC(O)c1cc(Cl)sc12. The van der Waals surface area contributed by atoms with Crippen molar-refractivity contribution in [3.63, 3.8) is 0 Å². The van der Waals surface area contributed by atoms with E-state index in [1.807, 2.05) is 30.2 Å². The highest BCUT2D eigenvalue weighted by Gasteiger charge is 2.48. The Kier molecular flexibility index (Phi) is 3.77. The molecule has 0 amide bonds. The van der Waals surface area contributed by atoms with Gasteiger partial charge in [0, 0.05) is 47.8 Å². The van der Waals surface area contributed by atoms with Gasteiger partial charge in [-0.1, -0.05) is 11.6 Å². The third kappa shape index (κ3) is 2.62. The minimum absolute atomic E-state index is 0.177. The number of fused-ring (bicyclic) bond motifs is 2. The lowest BCUT2D eigenvalue weighted by molar-refractivity contribution is -0.129. The molecule has 4 heterocycles. The lowest BCUT2D eigenvalue weighted by atomic mass is 9.78. The van der Waals surface area contributed by atoms with Crippen LogP contribution >= 0.6 is 22.9 Å². The number of nitrogens with zero attached hydrogens (tertiary/aromatic N) is 2. The third-order valence-corrected chi connectivity index (χ3v) is 6.27. The van der Waals surface area contributed by atoms with Crippen molar-refractivity contribution < 1.29 is 9.84 Å². The van der Waals surface area contributed by atoms with Gasteiger partial charge >= 0.3 is 0 Å². The first-order valence-electron chi connectivity index (χ1n) is 7.83. The minimum atomic E-state index is -0.582. The van der Waals surface area contributed by atoms with Gasteiger partial charge in [0.25, 0.3) is 0 Å². The van der Waals surface area contributed by atoms with Gasteiger partial charge in [-0.25, -0.2) is 0 Å². The van der Waals surface area contributed by atoms with Crippen LogP contribution in [0.25, 0.3) is 0 Å². The van der Waals surface area contributed by atoms with Crippen LogP contribution in [-0.4, -0.2) is 27.5 Å². The zero-order chi connectivity index (χ0) is 16.2. The second kappa shape index (κ2) is 5.57. The zero-order valence-electron chi connectivity index (χ0n) is 13.1. The number of aliphatic hydroxyl groups excluding tert-OH is 1. The fourth-order valence-electron chi connectivity index (χ4n) is 3.88. The standard InChI is InChI=1S/C16H20ClN3O2S/c1-9-4-16(5-12(19-9)10-6-18-20(2)7-10)15-11(3-14(17)23-15)13(21)8-22-16/h3,6-7,9,12-13,19,21H,4-5,8H2,1-2H3/t9-,12?,13?,16?/m0/s1. The summed E-state index contributed by atoms with van der Waals surface area (Å²) < 4.78 is 8.75. The van der Waals surface area contributed by atoms with Crippen LogP contribution in [0.5, 0.6) is 0 Å². The molecule has 1 spiro atoms. The van der Waals surface area contributed by atoms with Crippen molar-refractivity contribution in [3.8, 4) is 0 Å². The molecule has 4 rings (SSSR count). The Morgan fingerprint density at radius 1 is 1.52 bits per heavy atom. The summed E-state index contributed by atoms with van der Waals surface area (Å²) in [4.78, 5) is 1.09. The van der Waals surface area contributed by atoms with E-state index in [-0.39, 0.29) is 11.6 Å². The Morgan fingerprint density at radius 2 is 2.35 bits per heavy atom. The van der Waals surface area contributed by atoms with Gasteiger partial charge in [0.05, 0.1) is 17.1 Å². The smallest absolute Gasteiger partial charge is 0.106 e. The van der Waals surface area contributed by atoms with Crippen molar-refractivity contribution in [2.45, 2.75) is 43.6 Å². The van der Waals surface area contributed by atoms with Gasteiger partial charge < -0.3 is 15.2 Å². The highest BCUT2D eigenvalue weighted by Crippen LogP contribution is 2.51. The van der Waals surface area contributed by atoms with E-state index in [1.54, 1.807) is 0 Å². The van der Waals surface area contributed by atoms with Crippen LogP contribution in [0.2, 0.25) is 4.34 Å². The molecule has 0 aliphatic carbocycles. The minimum Gasteiger partial charge on any atom is -0.386 e. The van der Waals surface area contributed by atoms with E-state index in [2.05, 4.69) is 17.3 Å². The molecule has 2 aromatic heterocycles. The Hall–Kier alpha value is -0.920. The first-order valence-corrected chi connectivity index (χ1v) is 9.02. The lowest BCUT2D eigenvalue weighted by Gasteiger charge is -2.46. The highest BCUT2D eigenvalue weighted by atomic mass is 35.5. The van der Waals surface area contributed by atoms with Crippen LogP contribution < -0.4 is 5.32 Å². The average molecular weight is 354 g/mol. The fourth-order valence-corrected chi connectivity index (χ4v) is 5.33. The Labute approximate surface area is 144 Å². The summed E-state index contributed by atoms with van der Waals surface area (Å²) in [7, 11) is 1.93. The van der Waals surface area contributed by atoms with Gasteiger partial charge in [-0.15, -0.1) is 11.3 Å². The van der Waals surface area contributed by atoms with E-state index in [4.69, 9.17) is 16.3 Å². The Balaban J connectivity index is 1.74. The molecule has 0 bridgehead atoms. The molecule has 2 N–H and O–H groups in total. The molecule has 2 aromatic rings. The topological polar surface area (TPSA) is 59.3 Å². The second-order valence-corrected chi connectivity index (χ2v) is 8.32. The molecule has 23 heavy (non-hydrogen) atoms. The van der Waals surface area contributed by atoms with E-state index >= 15 is 0 Å². The van der Waals surface area contributed by atoms with Gasteiger partial charge in [-0.2, -0.15) is 5.10 Å². The van der Waals surface area contributed by atoms with Gasteiger partial charge in [0.2, 0.25) is 0 Å². The second-order valence-electron chi connectivity index (χ2n) is 6.63. The quantitative estimate of drug-likeness (QED) is 0.827. The molecule has 7 heteroatoms. The van der Waals surface area contributed by atoms with Gasteiger partial charge in [0.15, 0.2) is 0 Å². The number of aliphatic hydroxyl groups is 1. The number of nitrogens with one attached hydrogen (secondary N) is 1. The molecule has 1 saturated heterocycles. The normalized spacial score (nSPS) is 33.8. The predicted molar refractivity (Wildman–Crippen MR) is 89.7 cm³/mol. The average Bonchev–Trinajstić information content (AvgIpc) is 3.10. The van der Waals surface area contributed by atoms with Crippen LogP contribution in [0, 0.1) is 0 Å². The molecule has 3 unspecified atom stereocenters. The van der Waals surface area contributed by atoms with Gasteiger partial charge in [-0.05, 0) is 19.4 Å². The first-order chi connectivity index (χ1) is 11.0. The summed E-state index contributed by atoms with van der Waals surface area (Å²) in [6.07, 6.45) is 5.06. The number of hydrogen-bond acceptors (Lipinski definition) is 5. The van der Waals surface area contributed by atoms with Crippen LogP contribution in [0.1, 0.15) is 47.9 Å². The van der Waals surface area contributed by atoms with E-state index in [9.17, 15) is 5.11 Å². The zero-order valence-corrected chi connectivity index (χ0v) is 14.7. The molecule has 4 atom stereocenters. The summed E-state index contributed by atoms with van der Waals surface area (Å²) in [6.45, 7) is 2.50. The number of piperidine rings is 1. The number of ether oxygens (including phenoxy) is 1. The third-order valence-electron chi connectivity index (χ3n) is 4.80. The first kappa shape index (κ1) is 15.6. The Bertz CT molecular complexity index is 731. The number of aromatic nitrogens is 2. The van der Waals surface area contributed by atoms with Crippen LogP contribution in [0.4, 0.5) is 0 Å². The van der Waals surface area contributed by atoms with Crippen molar-refractivity contribution in [2.24, 2.45) is 7.05 Å². The highest BCUT2D eigenvalue weighted by molar-refractivity contribution is 7.16. The van der Waals surface area contributed by atoms with Crippen molar-refractivity contribution in [1.29, 1.82) is 0 Å². The summed E-state index contributed by atoms with van der Waals surface area (Å²) in [6, 6.07) is 2.37. The van der Waals surface area contributed by atoms with E-state index in [0.29, 0.717) is 17.0 Å². The molecule has 0 aromatic carbocycles. The van der Waals surface area contributed by atoms with Crippen molar-refractivity contribution >= 4 is 22.9 Å². The predicted octanol–water partition coefficient (Wildman–Crippen LogP) is 2.91. The number of thiophene rings is 1. The monoisotopic (exact) mass is 353 g/mol. The molecule has 124 valence electrons. The number of rotatable bonds is 1. The molecule has 2 aliphatic heterocycles. The molecule has 0 radical (unpaired) electrons. The maximum atomic E-state index is 10.2. The summed E-state index contributed by atoms with van der Waals surface area (Å²) >= 11 is 7.77. The fraction of sp³-hybridized carbons (Fsp3) is 0.562. The summed E-state index contributed by atoms with van der Waals surface area (Å²) in [5, 5.41) is 18.2. The van der Waals surface area contributed by atoms with E-state index in [0.717, 1.165) is 28.8 Å². The maximum Gasteiger partial charge on any atom is 0.106 e. The summed E-state index contributed by atoms with van der Waals surface area (Å²) in [5.41, 5.74) is 1.72. The lowest BCUT2D eigenvalue weighted by Crippen LogP contribution is -2.50. The van der Waals surface area contributed by atoms with Gasteiger partial charge in [-0.3, -0.25) is 4.68 Å². The summed E-state index contributed by atoms with van der Waals surface area (Å²) in [5.74, 6) is 0. The molecular formula is C16H20ClN3O2S. The Morgan fingerprint density at radius 3 is 3.09 bits per heavy atom. The van der Waals surface area contributed by atoms with Gasteiger partial charge in [0.1, 0.15) is 11.7 Å². The van der Waals surface area contributed by atoms with Crippen LogP contribution in [-0.2, 0) is 17.4 Å².